The number of ether oxygens (including phenoxy) is 2. The molecule has 1 aliphatic carbocycles. The van der Waals surface area contributed by atoms with Gasteiger partial charge in [0.05, 0.1) is 18.1 Å². The number of anilines is 1. The number of thiophene rings is 1. The Balaban J connectivity index is 2.22. The molecule has 1 unspecified atom stereocenters. The third-order valence-corrected chi connectivity index (χ3v) is 4.60. The standard InChI is InChI=1S/C16H23NO4S/c1-5-20-14(18)9-6-7-10-11(8-9)22-13(17)12(10)15(19)21-16(2,3)4/h9H,5-8,17H2,1-4H3. The number of esters is 2. The van der Waals surface area contributed by atoms with Gasteiger partial charge in [-0.2, -0.15) is 0 Å². The van der Waals surface area contributed by atoms with Gasteiger partial charge in [0.1, 0.15) is 10.6 Å². The van der Waals surface area contributed by atoms with Crippen LogP contribution in [0.5, 0.6) is 0 Å². The van der Waals surface area contributed by atoms with Gasteiger partial charge in [0.15, 0.2) is 0 Å². The molecule has 0 saturated heterocycles. The lowest BCUT2D eigenvalue weighted by Gasteiger charge is -2.22. The first-order chi connectivity index (χ1) is 10.2. The molecule has 0 amide bonds. The van der Waals surface area contributed by atoms with E-state index >= 15 is 0 Å². The van der Waals surface area contributed by atoms with Gasteiger partial charge in [-0.05, 0) is 52.5 Å². The molecule has 1 heterocycles. The molecular weight excluding hydrogens is 302 g/mol. The van der Waals surface area contributed by atoms with E-state index in [0.29, 0.717) is 36.4 Å². The van der Waals surface area contributed by atoms with E-state index in [2.05, 4.69) is 0 Å². The molecule has 5 nitrogen and oxygen atoms in total. The second-order valence-corrected chi connectivity index (χ2v) is 7.57. The number of hydrogen-bond acceptors (Lipinski definition) is 6. The summed E-state index contributed by atoms with van der Waals surface area (Å²) in [7, 11) is 0. The molecule has 2 N–H and O–H groups in total. The highest BCUT2D eigenvalue weighted by molar-refractivity contribution is 7.16. The van der Waals surface area contributed by atoms with E-state index in [1.807, 2.05) is 20.8 Å². The number of nitrogens with two attached hydrogens (primary N) is 1. The Kier molecular flexibility index (Phi) is 4.80. The van der Waals surface area contributed by atoms with E-state index in [4.69, 9.17) is 15.2 Å². The Morgan fingerprint density at radius 1 is 1.36 bits per heavy atom. The van der Waals surface area contributed by atoms with Crippen LogP contribution in [0.4, 0.5) is 5.00 Å². The highest BCUT2D eigenvalue weighted by atomic mass is 32.1. The van der Waals surface area contributed by atoms with Gasteiger partial charge in [-0.3, -0.25) is 4.79 Å². The molecule has 22 heavy (non-hydrogen) atoms. The van der Waals surface area contributed by atoms with E-state index in [1.165, 1.54) is 11.3 Å². The summed E-state index contributed by atoms with van der Waals surface area (Å²) in [6.45, 7) is 7.68. The summed E-state index contributed by atoms with van der Waals surface area (Å²) in [6.07, 6.45) is 1.92. The number of carbonyl (C=O) groups excluding carboxylic acids is 2. The molecule has 6 heteroatoms. The summed E-state index contributed by atoms with van der Waals surface area (Å²) >= 11 is 1.38. The molecule has 0 aliphatic heterocycles. The molecule has 122 valence electrons. The lowest BCUT2D eigenvalue weighted by Crippen LogP contribution is -2.27. The van der Waals surface area contributed by atoms with Gasteiger partial charge >= 0.3 is 11.9 Å². The van der Waals surface area contributed by atoms with Gasteiger partial charge in [-0.15, -0.1) is 11.3 Å². The van der Waals surface area contributed by atoms with E-state index in [9.17, 15) is 9.59 Å². The summed E-state index contributed by atoms with van der Waals surface area (Å²) in [5.74, 6) is -0.687. The number of hydrogen-bond donors (Lipinski definition) is 1. The first-order valence-electron chi connectivity index (χ1n) is 7.53. The zero-order chi connectivity index (χ0) is 16.5. The molecule has 1 aliphatic rings. The molecule has 0 aromatic carbocycles. The van der Waals surface area contributed by atoms with Gasteiger partial charge in [-0.25, -0.2) is 4.79 Å². The maximum Gasteiger partial charge on any atom is 0.341 e. The maximum absolute atomic E-state index is 12.3. The lowest BCUT2D eigenvalue weighted by molar-refractivity contribution is -0.148. The summed E-state index contributed by atoms with van der Waals surface area (Å²) < 4.78 is 10.5. The molecule has 1 aromatic heterocycles. The van der Waals surface area contributed by atoms with Crippen LogP contribution in [0.2, 0.25) is 0 Å². The highest BCUT2D eigenvalue weighted by Gasteiger charge is 2.33. The first kappa shape index (κ1) is 16.8. The molecule has 0 spiro atoms. The third-order valence-electron chi connectivity index (χ3n) is 3.52. The molecule has 0 radical (unpaired) electrons. The van der Waals surface area contributed by atoms with E-state index in [0.717, 1.165) is 10.4 Å². The van der Waals surface area contributed by atoms with Crippen molar-refractivity contribution in [2.75, 3.05) is 12.3 Å². The van der Waals surface area contributed by atoms with Crippen LogP contribution < -0.4 is 5.73 Å². The van der Waals surface area contributed by atoms with Crippen LogP contribution in [-0.2, 0) is 27.1 Å². The molecule has 0 saturated carbocycles. The van der Waals surface area contributed by atoms with E-state index in [-0.39, 0.29) is 17.9 Å². The molecule has 0 fully saturated rings. The number of nitrogen functional groups attached to an aromatic ring is 1. The minimum atomic E-state index is -0.555. The normalized spacial score (nSPS) is 17.7. The number of fused-ring (bicyclic) bond motifs is 1. The van der Waals surface area contributed by atoms with E-state index < -0.39 is 5.60 Å². The fourth-order valence-electron chi connectivity index (χ4n) is 2.62. The Labute approximate surface area is 134 Å². The van der Waals surface area contributed by atoms with Gasteiger partial charge in [0.25, 0.3) is 0 Å². The molecule has 1 atom stereocenters. The average molecular weight is 325 g/mol. The Bertz CT molecular complexity index is 586. The van der Waals surface area contributed by atoms with Crippen molar-refractivity contribution in [2.24, 2.45) is 5.92 Å². The molecule has 2 rings (SSSR count). The van der Waals surface area contributed by atoms with Gasteiger partial charge in [0, 0.05) is 4.88 Å². The van der Waals surface area contributed by atoms with Crippen LogP contribution in [0, 0.1) is 5.92 Å². The van der Waals surface area contributed by atoms with Gasteiger partial charge < -0.3 is 15.2 Å². The largest absolute Gasteiger partial charge is 0.466 e. The number of rotatable bonds is 3. The van der Waals surface area contributed by atoms with Gasteiger partial charge in [-0.1, -0.05) is 0 Å². The Hall–Kier alpha value is -1.56. The second-order valence-electron chi connectivity index (χ2n) is 6.44. The fourth-order valence-corrected chi connectivity index (χ4v) is 3.81. The topological polar surface area (TPSA) is 78.6 Å². The smallest absolute Gasteiger partial charge is 0.341 e. The van der Waals surface area contributed by atoms with Crippen molar-refractivity contribution in [3.8, 4) is 0 Å². The van der Waals surface area contributed by atoms with Crippen molar-refractivity contribution in [1.29, 1.82) is 0 Å². The van der Waals surface area contributed by atoms with E-state index in [1.54, 1.807) is 6.92 Å². The van der Waals surface area contributed by atoms with Crippen molar-refractivity contribution in [1.82, 2.24) is 0 Å². The molecule has 0 bridgehead atoms. The van der Waals surface area contributed by atoms with Crippen molar-refractivity contribution in [3.05, 3.63) is 16.0 Å². The maximum atomic E-state index is 12.3. The highest BCUT2D eigenvalue weighted by Crippen LogP contribution is 2.39. The lowest BCUT2D eigenvalue weighted by atomic mass is 9.87. The van der Waals surface area contributed by atoms with Gasteiger partial charge in [0.2, 0.25) is 0 Å². The number of carbonyl (C=O) groups is 2. The van der Waals surface area contributed by atoms with Crippen molar-refractivity contribution < 1.29 is 19.1 Å². The Morgan fingerprint density at radius 3 is 2.64 bits per heavy atom. The van der Waals surface area contributed by atoms with Crippen LogP contribution in [0.1, 0.15) is 54.9 Å². The SMILES string of the molecule is CCOC(=O)C1CCc2c(sc(N)c2C(=O)OC(C)(C)C)C1. The minimum absolute atomic E-state index is 0.142. The van der Waals surface area contributed by atoms with Crippen LogP contribution in [0.25, 0.3) is 0 Å². The zero-order valence-electron chi connectivity index (χ0n) is 13.5. The van der Waals surface area contributed by atoms with Crippen LogP contribution in [0.15, 0.2) is 0 Å². The van der Waals surface area contributed by atoms with Crippen LogP contribution >= 0.6 is 11.3 Å². The van der Waals surface area contributed by atoms with Crippen LogP contribution in [0.3, 0.4) is 0 Å². The fraction of sp³-hybridized carbons (Fsp3) is 0.625. The van der Waals surface area contributed by atoms with Crippen molar-refractivity contribution in [3.63, 3.8) is 0 Å². The third kappa shape index (κ3) is 3.61. The monoisotopic (exact) mass is 325 g/mol. The molecule has 1 aromatic rings. The predicted molar refractivity (Wildman–Crippen MR) is 86.0 cm³/mol. The average Bonchev–Trinajstić information content (AvgIpc) is 2.71. The summed E-state index contributed by atoms with van der Waals surface area (Å²) in [5, 5.41) is 0.476. The van der Waals surface area contributed by atoms with Crippen molar-refractivity contribution in [2.45, 2.75) is 52.6 Å². The summed E-state index contributed by atoms with van der Waals surface area (Å²) in [4.78, 5) is 25.2. The minimum Gasteiger partial charge on any atom is -0.466 e. The predicted octanol–water partition coefficient (Wildman–Crippen LogP) is 2.95. The summed E-state index contributed by atoms with van der Waals surface area (Å²) in [5.41, 5.74) is 6.89. The summed E-state index contributed by atoms with van der Waals surface area (Å²) in [6, 6.07) is 0. The first-order valence-corrected chi connectivity index (χ1v) is 8.34. The van der Waals surface area contributed by atoms with Crippen molar-refractivity contribution >= 4 is 28.3 Å². The Morgan fingerprint density at radius 2 is 2.05 bits per heavy atom. The molecular formula is C16H23NO4S. The quantitative estimate of drug-likeness (QED) is 0.864. The second kappa shape index (κ2) is 6.28. The van der Waals surface area contributed by atoms with Crippen LogP contribution in [-0.4, -0.2) is 24.1 Å². The zero-order valence-corrected chi connectivity index (χ0v) is 14.3.